The third-order valence-electron chi connectivity index (χ3n) is 6.18. The molecule has 0 spiro atoms. The lowest BCUT2D eigenvalue weighted by molar-refractivity contribution is 0.398. The summed E-state index contributed by atoms with van der Waals surface area (Å²) in [7, 11) is 3.45. The van der Waals surface area contributed by atoms with Crippen molar-refractivity contribution in [2.24, 2.45) is 12.0 Å². The van der Waals surface area contributed by atoms with Gasteiger partial charge in [-0.1, -0.05) is 24.3 Å². The number of aryl methyl sites for hydroxylation is 1. The summed E-state index contributed by atoms with van der Waals surface area (Å²) in [6.45, 7) is 0. The minimum Gasteiger partial charge on any atom is -0.481 e. The van der Waals surface area contributed by atoms with Crippen molar-refractivity contribution in [3.05, 3.63) is 84.9 Å². The molecule has 0 amide bonds. The molecule has 0 radical (unpaired) electrons. The standard InChI is InChI=1S/C27H19N7O/c1-33-24-15-30-22-9-7-18(19-6-5-17-4-3-11-29-23(17)13-19)12-21(22)26(24)34(27(33)32-16-28)20-8-10-25(35-2)31-14-20/h3-15H,1-2H3. The Morgan fingerprint density at radius 1 is 0.914 bits per heavy atom. The number of fused-ring (bicyclic) bond motifs is 4. The van der Waals surface area contributed by atoms with Crippen molar-refractivity contribution in [3.63, 3.8) is 0 Å². The van der Waals surface area contributed by atoms with Gasteiger partial charge < -0.3 is 9.30 Å². The van der Waals surface area contributed by atoms with Gasteiger partial charge in [0.2, 0.25) is 17.7 Å². The van der Waals surface area contributed by atoms with E-state index in [2.05, 4.69) is 56.3 Å². The highest BCUT2D eigenvalue weighted by atomic mass is 16.5. The van der Waals surface area contributed by atoms with Gasteiger partial charge in [-0.25, -0.2) is 4.98 Å². The first-order chi connectivity index (χ1) is 17.2. The molecule has 6 rings (SSSR count). The molecule has 168 valence electrons. The second-order valence-electron chi connectivity index (χ2n) is 8.10. The van der Waals surface area contributed by atoms with Crippen LogP contribution in [-0.4, -0.2) is 31.2 Å². The summed E-state index contributed by atoms with van der Waals surface area (Å²) in [6.07, 6.45) is 7.25. The fourth-order valence-corrected chi connectivity index (χ4v) is 4.47. The molecule has 4 heterocycles. The van der Waals surface area contributed by atoms with Gasteiger partial charge in [0.15, 0.2) is 0 Å². The molecule has 0 N–H and O–H groups in total. The van der Waals surface area contributed by atoms with Gasteiger partial charge >= 0.3 is 0 Å². The number of ether oxygens (including phenoxy) is 1. The number of hydrogen-bond acceptors (Lipinski definition) is 6. The van der Waals surface area contributed by atoms with Crippen LogP contribution in [0.15, 0.2) is 84.2 Å². The third kappa shape index (κ3) is 3.30. The van der Waals surface area contributed by atoms with E-state index in [1.807, 2.05) is 40.6 Å². The second-order valence-corrected chi connectivity index (χ2v) is 8.10. The average Bonchev–Trinajstić information content (AvgIpc) is 3.20. The van der Waals surface area contributed by atoms with Crippen LogP contribution in [0.25, 0.3) is 49.7 Å². The number of pyridine rings is 3. The lowest BCUT2D eigenvalue weighted by atomic mass is 10.0. The molecular formula is C27H19N7O. The van der Waals surface area contributed by atoms with E-state index in [-0.39, 0.29) is 0 Å². The van der Waals surface area contributed by atoms with Crippen molar-refractivity contribution in [1.29, 1.82) is 5.26 Å². The molecule has 0 saturated carbocycles. The Hall–Kier alpha value is -5.03. The van der Waals surface area contributed by atoms with Gasteiger partial charge in [0.25, 0.3) is 0 Å². The van der Waals surface area contributed by atoms with E-state index < -0.39 is 0 Å². The predicted molar refractivity (Wildman–Crippen MR) is 134 cm³/mol. The number of nitriles is 1. The van der Waals surface area contributed by atoms with E-state index in [4.69, 9.17) is 4.74 Å². The minimum atomic E-state index is 0.476. The average molecular weight is 457 g/mol. The Bertz CT molecular complexity index is 1860. The van der Waals surface area contributed by atoms with Gasteiger partial charge in [-0.05, 0) is 41.5 Å². The maximum Gasteiger partial charge on any atom is 0.226 e. The van der Waals surface area contributed by atoms with Crippen LogP contribution in [-0.2, 0) is 7.05 Å². The smallest absolute Gasteiger partial charge is 0.226 e. The number of hydrogen-bond donors (Lipinski definition) is 0. The maximum absolute atomic E-state index is 9.41. The van der Waals surface area contributed by atoms with Crippen LogP contribution in [0.5, 0.6) is 5.88 Å². The number of nitrogens with zero attached hydrogens (tertiary/aromatic N) is 7. The lowest BCUT2D eigenvalue weighted by Crippen LogP contribution is -2.22. The molecule has 6 aromatic rings. The van der Waals surface area contributed by atoms with Crippen LogP contribution in [0, 0.1) is 11.5 Å². The van der Waals surface area contributed by atoms with Gasteiger partial charge in [-0.2, -0.15) is 5.26 Å². The molecule has 8 nitrogen and oxygen atoms in total. The van der Waals surface area contributed by atoms with Crippen molar-refractivity contribution < 1.29 is 4.74 Å². The number of aromatic nitrogens is 5. The zero-order valence-corrected chi connectivity index (χ0v) is 19.0. The van der Waals surface area contributed by atoms with Crippen LogP contribution in [0.4, 0.5) is 0 Å². The predicted octanol–water partition coefficient (Wildman–Crippen LogP) is 4.52. The highest BCUT2D eigenvalue weighted by Crippen LogP contribution is 2.31. The molecule has 0 aliphatic rings. The summed E-state index contributed by atoms with van der Waals surface area (Å²) in [6, 6.07) is 20.1. The summed E-state index contributed by atoms with van der Waals surface area (Å²) in [5, 5.41) is 11.4. The van der Waals surface area contributed by atoms with Crippen LogP contribution in [0.1, 0.15) is 0 Å². The van der Waals surface area contributed by atoms with Gasteiger partial charge in [0.1, 0.15) is 0 Å². The van der Waals surface area contributed by atoms with E-state index >= 15 is 0 Å². The molecule has 0 saturated heterocycles. The van der Waals surface area contributed by atoms with Crippen LogP contribution in [0.2, 0.25) is 0 Å². The monoisotopic (exact) mass is 457 g/mol. The SMILES string of the molecule is COc1ccc(-n2c(=NC#N)n(C)c3cnc4ccc(-c5ccc6cccnc6c5)cc4c32)cn1. The van der Waals surface area contributed by atoms with Gasteiger partial charge in [0.05, 0.1) is 47.3 Å². The van der Waals surface area contributed by atoms with Crippen molar-refractivity contribution in [2.75, 3.05) is 7.11 Å². The number of methoxy groups -OCH3 is 1. The van der Waals surface area contributed by atoms with Gasteiger partial charge in [0, 0.05) is 30.1 Å². The maximum atomic E-state index is 9.41. The fourth-order valence-electron chi connectivity index (χ4n) is 4.47. The van der Waals surface area contributed by atoms with E-state index in [1.165, 1.54) is 0 Å². The summed E-state index contributed by atoms with van der Waals surface area (Å²) in [4.78, 5) is 17.7. The minimum absolute atomic E-state index is 0.476. The molecule has 0 unspecified atom stereocenters. The topological polar surface area (TPSA) is 93.9 Å². The Labute approximate surface area is 200 Å². The Morgan fingerprint density at radius 3 is 2.57 bits per heavy atom. The number of imidazole rings is 1. The second kappa shape index (κ2) is 8.08. The quantitative estimate of drug-likeness (QED) is 0.364. The first kappa shape index (κ1) is 20.6. The zero-order valence-electron chi connectivity index (χ0n) is 19.0. The Balaban J connectivity index is 1.67. The van der Waals surface area contributed by atoms with E-state index in [0.717, 1.165) is 49.7 Å². The normalized spacial score (nSPS) is 11.9. The summed E-state index contributed by atoms with van der Waals surface area (Å²) in [5.74, 6) is 0.507. The molecule has 0 bridgehead atoms. The molecule has 4 aromatic heterocycles. The number of rotatable bonds is 3. The highest BCUT2D eigenvalue weighted by molar-refractivity contribution is 6.04. The summed E-state index contributed by atoms with van der Waals surface area (Å²) >= 11 is 0. The first-order valence-corrected chi connectivity index (χ1v) is 11.0. The Kier molecular flexibility index (Phi) is 4.75. The van der Waals surface area contributed by atoms with Gasteiger partial charge in [-0.15, -0.1) is 4.99 Å². The lowest BCUT2D eigenvalue weighted by Gasteiger charge is -2.09. The first-order valence-electron chi connectivity index (χ1n) is 11.0. The molecular weight excluding hydrogens is 438 g/mol. The zero-order chi connectivity index (χ0) is 23.9. The van der Waals surface area contributed by atoms with Crippen molar-refractivity contribution in [2.45, 2.75) is 0 Å². The largest absolute Gasteiger partial charge is 0.481 e. The van der Waals surface area contributed by atoms with Crippen molar-refractivity contribution in [3.8, 4) is 28.9 Å². The molecule has 2 aromatic carbocycles. The molecule has 8 heteroatoms. The van der Waals surface area contributed by atoms with Crippen LogP contribution >= 0.6 is 0 Å². The van der Waals surface area contributed by atoms with E-state index in [1.54, 1.807) is 31.8 Å². The molecule has 35 heavy (non-hydrogen) atoms. The van der Waals surface area contributed by atoms with Crippen LogP contribution < -0.4 is 10.4 Å². The third-order valence-corrected chi connectivity index (χ3v) is 6.18. The highest BCUT2D eigenvalue weighted by Gasteiger charge is 2.16. The molecule has 0 atom stereocenters. The summed E-state index contributed by atoms with van der Waals surface area (Å²) in [5.41, 5.74) is 6.85. The molecule has 0 aliphatic heterocycles. The van der Waals surface area contributed by atoms with Crippen molar-refractivity contribution >= 4 is 32.8 Å². The van der Waals surface area contributed by atoms with Gasteiger partial charge in [-0.3, -0.25) is 14.5 Å². The van der Waals surface area contributed by atoms with E-state index in [9.17, 15) is 5.26 Å². The fraction of sp³-hybridized carbons (Fsp3) is 0.0741. The Morgan fingerprint density at radius 2 is 1.77 bits per heavy atom. The van der Waals surface area contributed by atoms with E-state index in [0.29, 0.717) is 11.5 Å². The van der Waals surface area contributed by atoms with Crippen molar-refractivity contribution in [1.82, 2.24) is 24.1 Å². The number of benzene rings is 2. The molecule has 0 aliphatic carbocycles. The van der Waals surface area contributed by atoms with Crippen LogP contribution in [0.3, 0.4) is 0 Å². The summed E-state index contributed by atoms with van der Waals surface area (Å²) < 4.78 is 9.02. The molecule has 0 fully saturated rings.